The van der Waals surface area contributed by atoms with Crippen LogP contribution in [0.3, 0.4) is 0 Å². The quantitative estimate of drug-likeness (QED) is 0.899. The summed E-state index contributed by atoms with van der Waals surface area (Å²) >= 11 is 12.8. The average molecular weight is 316 g/mol. The van der Waals surface area contributed by atoms with Crippen LogP contribution in [0.4, 0.5) is 5.00 Å². The fraction of sp³-hybridized carbons (Fsp3) is 0. The van der Waals surface area contributed by atoms with Crippen molar-refractivity contribution in [3.63, 3.8) is 0 Å². The third kappa shape index (κ3) is 3.07. The number of anilines is 1. The van der Waals surface area contributed by atoms with E-state index in [0.717, 1.165) is 11.3 Å². The molecule has 0 aliphatic heterocycles. The number of amides is 1. The summed E-state index contributed by atoms with van der Waals surface area (Å²) < 4.78 is 0. The molecule has 0 bridgehead atoms. The predicted octanol–water partition coefficient (Wildman–Crippen LogP) is 4.01. The molecular weight excluding hydrogens is 309 g/mol. The van der Waals surface area contributed by atoms with Crippen molar-refractivity contribution in [1.29, 1.82) is 0 Å². The second kappa shape index (κ2) is 5.61. The lowest BCUT2D eigenvalue weighted by Crippen LogP contribution is -2.12. The lowest BCUT2D eigenvalue weighted by Gasteiger charge is -2.06. The van der Waals surface area contributed by atoms with E-state index >= 15 is 0 Å². The Hall–Kier alpha value is -1.56. The van der Waals surface area contributed by atoms with Crippen LogP contribution >= 0.6 is 34.5 Å². The molecule has 4 nitrogen and oxygen atoms in total. The number of rotatable bonds is 3. The molecule has 0 aliphatic rings. The Bertz CT molecular complexity index is 634. The zero-order chi connectivity index (χ0) is 14.0. The van der Waals surface area contributed by atoms with Crippen LogP contribution in [-0.4, -0.2) is 17.0 Å². The van der Waals surface area contributed by atoms with E-state index < -0.39 is 11.9 Å². The fourth-order valence-electron chi connectivity index (χ4n) is 1.41. The number of carboxylic acids is 1. The lowest BCUT2D eigenvalue weighted by molar-refractivity contribution is 0.0702. The molecule has 1 heterocycles. The number of hydrogen-bond acceptors (Lipinski definition) is 3. The molecule has 0 atom stereocenters. The smallest absolute Gasteiger partial charge is 0.345 e. The Kier molecular flexibility index (Phi) is 4.09. The average Bonchev–Trinajstić information content (AvgIpc) is 2.77. The zero-order valence-corrected chi connectivity index (χ0v) is 11.6. The van der Waals surface area contributed by atoms with Gasteiger partial charge in [0.2, 0.25) is 0 Å². The van der Waals surface area contributed by atoms with Crippen LogP contribution < -0.4 is 5.32 Å². The molecule has 0 unspecified atom stereocenters. The lowest BCUT2D eigenvalue weighted by atomic mass is 10.2. The maximum Gasteiger partial charge on any atom is 0.345 e. The molecule has 1 aromatic carbocycles. The van der Waals surface area contributed by atoms with Crippen molar-refractivity contribution in [2.75, 3.05) is 5.32 Å². The predicted molar refractivity (Wildman–Crippen MR) is 75.7 cm³/mol. The van der Waals surface area contributed by atoms with Crippen LogP contribution in [0.15, 0.2) is 30.3 Å². The molecule has 19 heavy (non-hydrogen) atoms. The molecule has 0 radical (unpaired) electrons. The van der Waals surface area contributed by atoms with Crippen molar-refractivity contribution in [2.24, 2.45) is 0 Å². The maximum absolute atomic E-state index is 12.0. The van der Waals surface area contributed by atoms with Gasteiger partial charge in [0.15, 0.2) is 0 Å². The van der Waals surface area contributed by atoms with Crippen molar-refractivity contribution in [3.05, 3.63) is 50.8 Å². The molecule has 0 fully saturated rings. The Morgan fingerprint density at radius 3 is 2.26 bits per heavy atom. The highest BCUT2D eigenvalue weighted by Crippen LogP contribution is 2.27. The van der Waals surface area contributed by atoms with Gasteiger partial charge in [-0.3, -0.25) is 4.79 Å². The molecule has 1 amide bonds. The molecule has 98 valence electrons. The van der Waals surface area contributed by atoms with E-state index in [1.54, 1.807) is 18.2 Å². The summed E-state index contributed by atoms with van der Waals surface area (Å²) in [6.45, 7) is 0. The first-order chi connectivity index (χ1) is 8.99. The van der Waals surface area contributed by atoms with E-state index in [-0.39, 0.29) is 20.5 Å². The van der Waals surface area contributed by atoms with Crippen molar-refractivity contribution in [3.8, 4) is 0 Å². The minimum absolute atomic E-state index is 0.139. The highest BCUT2D eigenvalue weighted by molar-refractivity contribution is 7.18. The van der Waals surface area contributed by atoms with E-state index in [9.17, 15) is 9.59 Å². The van der Waals surface area contributed by atoms with Gasteiger partial charge in [0.25, 0.3) is 5.91 Å². The van der Waals surface area contributed by atoms with Crippen LogP contribution in [0, 0.1) is 0 Å². The minimum atomic E-state index is -1.04. The van der Waals surface area contributed by atoms with Gasteiger partial charge in [-0.2, -0.15) is 0 Å². The van der Waals surface area contributed by atoms with Gasteiger partial charge in [-0.15, -0.1) is 11.3 Å². The fourth-order valence-corrected chi connectivity index (χ4v) is 2.72. The second-order valence-electron chi connectivity index (χ2n) is 3.52. The molecule has 7 heteroatoms. The SMILES string of the molecule is O=C(O)c1ccc(NC(=O)c2c(Cl)cccc2Cl)s1. The number of thiophene rings is 1. The van der Waals surface area contributed by atoms with Crippen molar-refractivity contribution in [2.45, 2.75) is 0 Å². The highest BCUT2D eigenvalue weighted by atomic mass is 35.5. The highest BCUT2D eigenvalue weighted by Gasteiger charge is 2.16. The van der Waals surface area contributed by atoms with Crippen molar-refractivity contribution < 1.29 is 14.7 Å². The van der Waals surface area contributed by atoms with Crippen molar-refractivity contribution in [1.82, 2.24) is 0 Å². The van der Waals surface area contributed by atoms with Crippen LogP contribution in [0.1, 0.15) is 20.0 Å². The number of nitrogens with one attached hydrogen (secondary N) is 1. The second-order valence-corrected chi connectivity index (χ2v) is 5.42. The number of benzene rings is 1. The topological polar surface area (TPSA) is 66.4 Å². The molecule has 0 saturated heterocycles. The van der Waals surface area contributed by atoms with Gasteiger partial charge in [0, 0.05) is 0 Å². The van der Waals surface area contributed by atoms with Crippen LogP contribution in [0.5, 0.6) is 0 Å². The molecular formula is C12H7Cl2NO3S. The van der Waals surface area contributed by atoms with Gasteiger partial charge in [-0.1, -0.05) is 29.3 Å². The number of carbonyl (C=O) groups is 2. The summed E-state index contributed by atoms with van der Waals surface area (Å²) in [4.78, 5) is 22.9. The molecule has 0 saturated carbocycles. The number of aromatic carboxylic acids is 1. The number of carbonyl (C=O) groups excluding carboxylic acids is 1. The summed E-state index contributed by atoms with van der Waals surface area (Å²) in [5.41, 5.74) is 0.163. The van der Waals surface area contributed by atoms with Gasteiger partial charge in [0.1, 0.15) is 4.88 Å². The largest absolute Gasteiger partial charge is 0.477 e. The molecule has 0 spiro atoms. The van der Waals surface area contributed by atoms with Gasteiger partial charge in [-0.25, -0.2) is 4.79 Å². The Morgan fingerprint density at radius 1 is 1.11 bits per heavy atom. The van der Waals surface area contributed by atoms with Crippen LogP contribution in [0.25, 0.3) is 0 Å². The van der Waals surface area contributed by atoms with E-state index in [4.69, 9.17) is 28.3 Å². The first-order valence-corrected chi connectivity index (χ1v) is 6.65. The van der Waals surface area contributed by atoms with Crippen LogP contribution in [0.2, 0.25) is 10.0 Å². The Morgan fingerprint density at radius 2 is 1.74 bits per heavy atom. The monoisotopic (exact) mass is 315 g/mol. The standard InChI is InChI=1S/C12H7Cl2NO3S/c13-6-2-1-3-7(14)10(6)11(16)15-9-5-4-8(19-9)12(17)18/h1-5H,(H,15,16)(H,17,18). The van der Waals surface area contributed by atoms with E-state index in [1.807, 2.05) is 0 Å². The molecule has 0 aliphatic carbocycles. The van der Waals surface area contributed by atoms with Gasteiger partial charge in [0.05, 0.1) is 20.6 Å². The van der Waals surface area contributed by atoms with Crippen LogP contribution in [-0.2, 0) is 0 Å². The van der Waals surface area contributed by atoms with E-state index in [0.29, 0.717) is 5.00 Å². The van der Waals surface area contributed by atoms with Gasteiger partial charge in [-0.05, 0) is 24.3 Å². The van der Waals surface area contributed by atoms with E-state index in [2.05, 4.69) is 5.32 Å². The summed E-state index contributed by atoms with van der Waals surface area (Å²) in [5.74, 6) is -1.52. The molecule has 2 N–H and O–H groups in total. The summed E-state index contributed by atoms with van der Waals surface area (Å²) in [6.07, 6.45) is 0. The summed E-state index contributed by atoms with van der Waals surface area (Å²) in [7, 11) is 0. The number of halogens is 2. The molecule has 2 rings (SSSR count). The zero-order valence-electron chi connectivity index (χ0n) is 9.31. The van der Waals surface area contributed by atoms with Gasteiger partial charge < -0.3 is 10.4 Å². The maximum atomic E-state index is 12.0. The minimum Gasteiger partial charge on any atom is -0.477 e. The normalized spacial score (nSPS) is 10.2. The van der Waals surface area contributed by atoms with Crippen molar-refractivity contribution >= 4 is 51.4 Å². The van der Waals surface area contributed by atoms with Gasteiger partial charge >= 0.3 is 5.97 Å². The summed E-state index contributed by atoms with van der Waals surface area (Å²) in [5, 5.41) is 12.2. The number of hydrogen-bond donors (Lipinski definition) is 2. The molecule has 1 aromatic heterocycles. The summed E-state index contributed by atoms with van der Waals surface area (Å²) in [6, 6.07) is 7.67. The third-order valence-corrected chi connectivity index (χ3v) is 3.86. The Labute approximate surface area is 122 Å². The Balaban J connectivity index is 2.23. The molecule has 2 aromatic rings. The number of carboxylic acid groups (broad SMARTS) is 1. The van der Waals surface area contributed by atoms with E-state index in [1.165, 1.54) is 12.1 Å². The first kappa shape index (κ1) is 13.9. The third-order valence-electron chi connectivity index (χ3n) is 2.24. The first-order valence-electron chi connectivity index (χ1n) is 5.07.